The minimum absolute atomic E-state index is 0.00934. The molecule has 28 heavy (non-hydrogen) atoms. The lowest BCUT2D eigenvalue weighted by Gasteiger charge is -2.29. The predicted molar refractivity (Wildman–Crippen MR) is 111 cm³/mol. The van der Waals surface area contributed by atoms with Gasteiger partial charge in [-0.3, -0.25) is 9.59 Å². The molecule has 0 bridgehead atoms. The van der Waals surface area contributed by atoms with E-state index in [1.807, 2.05) is 76.2 Å². The Morgan fingerprint density at radius 1 is 0.929 bits per heavy atom. The van der Waals surface area contributed by atoms with E-state index in [9.17, 15) is 9.59 Å². The van der Waals surface area contributed by atoms with Gasteiger partial charge in [0.25, 0.3) is 5.91 Å². The van der Waals surface area contributed by atoms with Crippen LogP contribution in [0.5, 0.6) is 5.75 Å². The Bertz CT molecular complexity index is 782. The van der Waals surface area contributed by atoms with Crippen LogP contribution < -0.4 is 10.1 Å². The van der Waals surface area contributed by atoms with E-state index in [4.69, 9.17) is 4.74 Å². The number of nitrogens with one attached hydrogen (secondary N) is 1. The van der Waals surface area contributed by atoms with Crippen molar-refractivity contribution in [1.82, 2.24) is 10.2 Å². The molecule has 1 N–H and O–H groups in total. The van der Waals surface area contributed by atoms with E-state index < -0.39 is 6.04 Å². The first kappa shape index (κ1) is 21.5. The Hall–Kier alpha value is -2.82. The molecule has 5 nitrogen and oxygen atoms in total. The number of hydrogen-bond acceptors (Lipinski definition) is 3. The lowest BCUT2D eigenvalue weighted by atomic mass is 10.1. The van der Waals surface area contributed by atoms with Crippen molar-refractivity contribution in [2.45, 2.75) is 53.2 Å². The lowest BCUT2D eigenvalue weighted by molar-refractivity contribution is -0.142. The van der Waals surface area contributed by atoms with Gasteiger partial charge in [-0.25, -0.2) is 0 Å². The van der Waals surface area contributed by atoms with Gasteiger partial charge in [0.2, 0.25) is 5.91 Å². The summed E-state index contributed by atoms with van der Waals surface area (Å²) in [6.07, 6.45) is 0. The molecule has 0 heterocycles. The summed E-state index contributed by atoms with van der Waals surface area (Å²) in [5.41, 5.74) is 3.24. The first-order valence-corrected chi connectivity index (χ1v) is 9.61. The molecule has 2 rings (SSSR count). The lowest BCUT2D eigenvalue weighted by Crippen LogP contribution is -2.50. The van der Waals surface area contributed by atoms with E-state index in [1.54, 1.807) is 11.8 Å². The molecule has 5 heteroatoms. The van der Waals surface area contributed by atoms with Crippen LogP contribution in [0.1, 0.15) is 37.5 Å². The molecule has 2 aromatic carbocycles. The van der Waals surface area contributed by atoms with Crippen LogP contribution in [0, 0.1) is 13.8 Å². The number of ether oxygens (including phenoxy) is 1. The SMILES string of the molecule is Cc1ccc(CN(C(=O)COc2ccc(C)cc2)[C@H](C)C(=O)NC(C)C)cc1. The van der Waals surface area contributed by atoms with Crippen molar-refractivity contribution in [3.8, 4) is 5.75 Å². The van der Waals surface area contributed by atoms with Gasteiger partial charge >= 0.3 is 0 Å². The normalized spacial score (nSPS) is 11.8. The molecule has 0 aromatic heterocycles. The molecule has 150 valence electrons. The summed E-state index contributed by atoms with van der Waals surface area (Å²) in [6, 6.07) is 14.9. The second kappa shape index (κ2) is 9.93. The number of nitrogens with zero attached hydrogens (tertiary/aromatic N) is 1. The van der Waals surface area contributed by atoms with Gasteiger partial charge in [0.15, 0.2) is 6.61 Å². The Morgan fingerprint density at radius 2 is 1.46 bits per heavy atom. The van der Waals surface area contributed by atoms with Crippen LogP contribution in [0.25, 0.3) is 0 Å². The van der Waals surface area contributed by atoms with Crippen LogP contribution in [0.3, 0.4) is 0 Å². The van der Waals surface area contributed by atoms with E-state index in [2.05, 4.69) is 5.32 Å². The van der Waals surface area contributed by atoms with Gasteiger partial charge in [0.05, 0.1) is 0 Å². The third kappa shape index (κ3) is 6.41. The fourth-order valence-corrected chi connectivity index (χ4v) is 2.74. The summed E-state index contributed by atoms with van der Waals surface area (Å²) in [5.74, 6) is 0.229. The fourth-order valence-electron chi connectivity index (χ4n) is 2.74. The van der Waals surface area contributed by atoms with Crippen LogP contribution in [0.4, 0.5) is 0 Å². The van der Waals surface area contributed by atoms with Gasteiger partial charge in [0, 0.05) is 12.6 Å². The van der Waals surface area contributed by atoms with Crippen LogP contribution in [0.2, 0.25) is 0 Å². The predicted octanol–water partition coefficient (Wildman–Crippen LogP) is 3.62. The van der Waals surface area contributed by atoms with Crippen molar-refractivity contribution in [3.63, 3.8) is 0 Å². The van der Waals surface area contributed by atoms with Crippen molar-refractivity contribution >= 4 is 11.8 Å². The molecule has 2 aromatic rings. The summed E-state index contributed by atoms with van der Waals surface area (Å²) < 4.78 is 5.65. The Balaban J connectivity index is 2.12. The summed E-state index contributed by atoms with van der Waals surface area (Å²) >= 11 is 0. The molecule has 0 saturated heterocycles. The fraction of sp³-hybridized carbons (Fsp3) is 0.391. The van der Waals surface area contributed by atoms with Crippen molar-refractivity contribution in [3.05, 3.63) is 65.2 Å². The molecule has 0 unspecified atom stereocenters. The molecule has 0 radical (unpaired) electrons. The second-order valence-corrected chi connectivity index (χ2v) is 7.45. The zero-order valence-corrected chi connectivity index (χ0v) is 17.4. The third-order valence-corrected chi connectivity index (χ3v) is 4.46. The maximum atomic E-state index is 12.9. The van der Waals surface area contributed by atoms with E-state index in [1.165, 1.54) is 0 Å². The molecule has 0 fully saturated rings. The van der Waals surface area contributed by atoms with Gasteiger partial charge in [-0.1, -0.05) is 47.5 Å². The summed E-state index contributed by atoms with van der Waals surface area (Å²) in [6.45, 7) is 9.79. The number of amides is 2. The molecular formula is C23H30N2O3. The largest absolute Gasteiger partial charge is 0.484 e. The number of carbonyl (C=O) groups excluding carboxylic acids is 2. The molecular weight excluding hydrogens is 352 g/mol. The highest BCUT2D eigenvalue weighted by atomic mass is 16.5. The van der Waals surface area contributed by atoms with E-state index in [0.717, 1.165) is 16.7 Å². The summed E-state index contributed by atoms with van der Waals surface area (Å²) in [4.78, 5) is 27.0. The Morgan fingerprint density at radius 3 is 2.00 bits per heavy atom. The van der Waals surface area contributed by atoms with Crippen LogP contribution in [-0.4, -0.2) is 35.4 Å². The van der Waals surface area contributed by atoms with Crippen molar-refractivity contribution in [2.24, 2.45) is 0 Å². The Kier molecular flexibility index (Phi) is 7.61. The number of hydrogen-bond donors (Lipinski definition) is 1. The molecule has 0 aliphatic carbocycles. The van der Waals surface area contributed by atoms with Gasteiger partial charge < -0.3 is 15.0 Å². The third-order valence-electron chi connectivity index (χ3n) is 4.46. The Labute approximate surface area is 167 Å². The van der Waals surface area contributed by atoms with Gasteiger partial charge in [0.1, 0.15) is 11.8 Å². The maximum absolute atomic E-state index is 12.9. The first-order valence-electron chi connectivity index (χ1n) is 9.61. The second-order valence-electron chi connectivity index (χ2n) is 7.45. The highest BCUT2D eigenvalue weighted by molar-refractivity contribution is 5.88. The average molecular weight is 383 g/mol. The summed E-state index contributed by atoms with van der Waals surface area (Å²) in [7, 11) is 0. The quantitative estimate of drug-likeness (QED) is 0.759. The molecule has 1 atom stereocenters. The van der Waals surface area contributed by atoms with E-state index >= 15 is 0 Å². The minimum atomic E-state index is -0.599. The van der Waals surface area contributed by atoms with Crippen molar-refractivity contribution in [1.29, 1.82) is 0 Å². The highest BCUT2D eigenvalue weighted by Crippen LogP contribution is 2.14. The molecule has 0 saturated carbocycles. The average Bonchev–Trinajstić information content (AvgIpc) is 2.65. The summed E-state index contributed by atoms with van der Waals surface area (Å²) in [5, 5.41) is 2.88. The van der Waals surface area contributed by atoms with Gasteiger partial charge in [-0.05, 0) is 52.3 Å². The molecule has 0 spiro atoms. The minimum Gasteiger partial charge on any atom is -0.484 e. The zero-order valence-electron chi connectivity index (χ0n) is 17.4. The van der Waals surface area contributed by atoms with Crippen molar-refractivity contribution < 1.29 is 14.3 Å². The molecule has 2 amide bonds. The zero-order chi connectivity index (χ0) is 20.7. The van der Waals surface area contributed by atoms with Crippen molar-refractivity contribution in [2.75, 3.05) is 6.61 Å². The number of benzene rings is 2. The van der Waals surface area contributed by atoms with Gasteiger partial charge in [-0.2, -0.15) is 0 Å². The maximum Gasteiger partial charge on any atom is 0.261 e. The van der Waals surface area contributed by atoms with E-state index in [-0.39, 0.29) is 24.5 Å². The topological polar surface area (TPSA) is 58.6 Å². The van der Waals surface area contributed by atoms with E-state index in [0.29, 0.717) is 12.3 Å². The smallest absolute Gasteiger partial charge is 0.261 e. The monoisotopic (exact) mass is 382 g/mol. The standard InChI is InChI=1S/C23H30N2O3/c1-16(2)24-23(27)19(5)25(14-20-10-6-17(3)7-11-20)22(26)15-28-21-12-8-18(4)9-13-21/h6-13,16,19H,14-15H2,1-5H3,(H,24,27)/t19-/m1/s1. The number of carbonyl (C=O) groups is 2. The molecule has 0 aliphatic rings. The number of aryl methyl sites for hydroxylation is 2. The highest BCUT2D eigenvalue weighted by Gasteiger charge is 2.26. The van der Waals surface area contributed by atoms with Crippen LogP contribution in [-0.2, 0) is 16.1 Å². The first-order chi connectivity index (χ1) is 13.3. The van der Waals surface area contributed by atoms with Crippen LogP contribution in [0.15, 0.2) is 48.5 Å². The van der Waals surface area contributed by atoms with Gasteiger partial charge in [-0.15, -0.1) is 0 Å². The van der Waals surface area contributed by atoms with Crippen LogP contribution >= 0.6 is 0 Å². The molecule has 0 aliphatic heterocycles. The number of rotatable bonds is 8.